The Morgan fingerprint density at radius 2 is 0.946 bits per heavy atom. The van der Waals surface area contributed by atoms with Crippen LogP contribution in [0.1, 0.15) is 38.8 Å². The van der Waals surface area contributed by atoms with Gasteiger partial charge in [-0.2, -0.15) is 16.8 Å². The van der Waals surface area contributed by atoms with Crippen molar-refractivity contribution < 1.29 is 35.4 Å². The molecular formula is C40H38N4O10S2. The zero-order valence-electron chi connectivity index (χ0n) is 30.7. The first-order valence-corrected chi connectivity index (χ1v) is 20.0. The number of aromatic nitrogens is 4. The van der Waals surface area contributed by atoms with Crippen LogP contribution in [-0.4, -0.2) is 58.7 Å². The van der Waals surface area contributed by atoms with Gasteiger partial charge in [0.2, 0.25) is 0 Å². The fourth-order valence-corrected chi connectivity index (χ4v) is 6.87. The number of hydrogen-bond acceptors (Lipinski definition) is 8. The quantitative estimate of drug-likeness (QED) is 0.112. The number of nitrogens with one attached hydrogen (secondary N) is 2. The Bertz CT molecular complexity index is 2830. The number of H-pyrrole nitrogens is 2. The third kappa shape index (κ3) is 8.84. The van der Waals surface area contributed by atoms with Gasteiger partial charge in [-0.3, -0.25) is 28.9 Å². The predicted octanol–water partition coefficient (Wildman–Crippen LogP) is 2.63. The fourth-order valence-electron chi connectivity index (χ4n) is 5.83. The largest absolute Gasteiger partial charge is 0.490 e. The average Bonchev–Trinajstić information content (AvgIpc) is 3.66. The van der Waals surface area contributed by atoms with Crippen molar-refractivity contribution in [2.75, 3.05) is 13.2 Å². The Morgan fingerprint density at radius 1 is 0.589 bits per heavy atom. The van der Waals surface area contributed by atoms with Gasteiger partial charge in [0, 0.05) is 0 Å². The van der Waals surface area contributed by atoms with Gasteiger partial charge in [0.25, 0.3) is 31.4 Å². The second-order valence-corrected chi connectivity index (χ2v) is 16.0. The van der Waals surface area contributed by atoms with Gasteiger partial charge in [0.05, 0.1) is 42.3 Å². The highest BCUT2D eigenvalue weighted by Gasteiger charge is 2.14. The Morgan fingerprint density at radius 3 is 1.27 bits per heavy atom. The summed E-state index contributed by atoms with van der Waals surface area (Å²) >= 11 is 0. The molecule has 0 spiro atoms. The molecule has 0 unspecified atom stereocenters. The summed E-state index contributed by atoms with van der Waals surface area (Å²) in [4.78, 5) is 26.2. The van der Waals surface area contributed by atoms with Gasteiger partial charge in [-0.25, -0.2) is 9.36 Å². The number of nitrogens with zero attached hydrogens (tertiary/aromatic N) is 2. The van der Waals surface area contributed by atoms with Crippen molar-refractivity contribution in [1.82, 2.24) is 19.6 Å². The fraction of sp³-hybridized carbons (Fsp3) is 0.150. The molecule has 0 aliphatic rings. The van der Waals surface area contributed by atoms with E-state index in [0.717, 1.165) is 22.3 Å². The molecule has 4 aromatic carbocycles. The summed E-state index contributed by atoms with van der Waals surface area (Å²) < 4.78 is 79.7. The summed E-state index contributed by atoms with van der Waals surface area (Å²) in [7, 11) is -8.92. The standard InChI is InChI=1S/C40H38N4O10S2/c1-25(2)37-35(39(45)43(41-37)29-7-5-9-33(23-29)55(47,48)49)21-27-11-15-31(16-12-27)53-19-20-54-32-17-13-28(14-18-32)22-36-38(26(3)4)42-44(40(36)46)30-8-6-10-34(24-30)56(50,51)52/h5-18,21-24,41-42H,19-20H2,1-4H3,(H,47,48,49)(H,50,51,52). The van der Waals surface area contributed by atoms with Crippen molar-refractivity contribution in [2.24, 2.45) is 0 Å². The van der Waals surface area contributed by atoms with Gasteiger partial charge in [0.15, 0.2) is 0 Å². The van der Waals surface area contributed by atoms with Crippen molar-refractivity contribution in [3.8, 4) is 22.9 Å². The summed E-state index contributed by atoms with van der Waals surface area (Å²) in [5.74, 6) is 1.17. The molecule has 0 saturated carbocycles. The SMILES string of the molecule is CC(C)=c1[nH]n(-c2cccc(S(=O)(=O)O)c2)c(=O)c1=Cc1ccc(OCCOc2ccc(C=c3c(=C(C)C)[nH]n(-c4cccc(S(=O)(=O)O)c4)c3=O)cc2)cc1. The van der Waals surface area contributed by atoms with E-state index in [1.807, 2.05) is 27.7 Å². The lowest BCUT2D eigenvalue weighted by Gasteiger charge is -2.09. The van der Waals surface area contributed by atoms with Crippen LogP contribution in [0.15, 0.2) is 116 Å². The highest BCUT2D eigenvalue weighted by atomic mass is 32.2. The van der Waals surface area contributed by atoms with E-state index < -0.39 is 31.4 Å². The maximum atomic E-state index is 13.5. The monoisotopic (exact) mass is 798 g/mol. The molecule has 4 N–H and O–H groups in total. The van der Waals surface area contributed by atoms with Crippen molar-refractivity contribution in [3.05, 3.63) is 150 Å². The van der Waals surface area contributed by atoms with Crippen LogP contribution in [-0.2, 0) is 20.2 Å². The van der Waals surface area contributed by atoms with Crippen LogP contribution in [0.2, 0.25) is 0 Å². The van der Waals surface area contributed by atoms with E-state index in [4.69, 9.17) is 9.47 Å². The van der Waals surface area contributed by atoms with E-state index in [2.05, 4.69) is 10.2 Å². The van der Waals surface area contributed by atoms with E-state index in [1.54, 1.807) is 72.8 Å². The molecule has 0 atom stereocenters. The molecule has 290 valence electrons. The number of hydrogen-bond donors (Lipinski definition) is 4. The molecule has 56 heavy (non-hydrogen) atoms. The summed E-state index contributed by atoms with van der Waals surface area (Å²) in [6.07, 6.45) is 3.44. The lowest BCUT2D eigenvalue weighted by Crippen LogP contribution is -2.35. The summed E-state index contributed by atoms with van der Waals surface area (Å²) in [6, 6.07) is 25.2. The van der Waals surface area contributed by atoms with Crippen LogP contribution in [0.5, 0.6) is 11.5 Å². The molecule has 0 aliphatic carbocycles. The number of aromatic amines is 2. The molecule has 0 fully saturated rings. The molecule has 2 heterocycles. The van der Waals surface area contributed by atoms with Gasteiger partial charge in [-0.05, 0) is 112 Å². The lowest BCUT2D eigenvalue weighted by atomic mass is 10.1. The highest BCUT2D eigenvalue weighted by Crippen LogP contribution is 2.16. The van der Waals surface area contributed by atoms with Gasteiger partial charge in [0.1, 0.15) is 24.7 Å². The summed E-state index contributed by atoms with van der Waals surface area (Å²) in [5.41, 5.74) is 2.83. The molecule has 0 aliphatic heterocycles. The van der Waals surface area contributed by atoms with Crippen LogP contribution in [0, 0.1) is 0 Å². The molecule has 0 saturated heterocycles. The zero-order valence-corrected chi connectivity index (χ0v) is 32.3. The first-order valence-electron chi connectivity index (χ1n) is 17.1. The van der Waals surface area contributed by atoms with E-state index in [9.17, 15) is 35.5 Å². The van der Waals surface area contributed by atoms with Crippen molar-refractivity contribution in [3.63, 3.8) is 0 Å². The van der Waals surface area contributed by atoms with E-state index >= 15 is 0 Å². The van der Waals surface area contributed by atoms with Crippen LogP contribution >= 0.6 is 0 Å². The topological polar surface area (TPSA) is 203 Å². The van der Waals surface area contributed by atoms with E-state index in [0.29, 0.717) is 32.6 Å². The van der Waals surface area contributed by atoms with Crippen molar-refractivity contribution in [1.29, 1.82) is 0 Å². The van der Waals surface area contributed by atoms with Crippen LogP contribution in [0.25, 0.3) is 34.7 Å². The smallest absolute Gasteiger partial charge is 0.294 e. The van der Waals surface area contributed by atoms with E-state index in [-0.39, 0.29) is 34.4 Å². The molecule has 16 heteroatoms. The second kappa shape index (κ2) is 15.9. The zero-order chi connectivity index (χ0) is 40.4. The minimum Gasteiger partial charge on any atom is -0.490 e. The van der Waals surface area contributed by atoms with Gasteiger partial charge in [-0.15, -0.1) is 0 Å². The maximum Gasteiger partial charge on any atom is 0.294 e. The molecule has 6 aromatic rings. The van der Waals surface area contributed by atoms with Gasteiger partial charge < -0.3 is 9.47 Å². The van der Waals surface area contributed by atoms with Gasteiger partial charge >= 0.3 is 0 Å². The van der Waals surface area contributed by atoms with Gasteiger partial charge in [-0.1, -0.05) is 47.5 Å². The third-order valence-electron chi connectivity index (χ3n) is 8.60. The normalized spacial score (nSPS) is 12.5. The minimum absolute atomic E-state index is 0.243. The maximum absolute atomic E-state index is 13.5. The number of ether oxygens (including phenoxy) is 2. The number of benzene rings is 4. The van der Waals surface area contributed by atoms with Crippen LogP contribution < -0.4 is 41.7 Å². The lowest BCUT2D eigenvalue weighted by molar-refractivity contribution is 0.217. The Balaban J connectivity index is 1.12. The molecule has 2 aromatic heterocycles. The average molecular weight is 799 g/mol. The molecule has 0 bridgehead atoms. The number of rotatable bonds is 11. The molecule has 14 nitrogen and oxygen atoms in total. The first-order chi connectivity index (χ1) is 26.5. The minimum atomic E-state index is -4.46. The summed E-state index contributed by atoms with van der Waals surface area (Å²) in [5, 5.41) is 7.98. The van der Waals surface area contributed by atoms with Crippen molar-refractivity contribution >= 4 is 43.5 Å². The summed E-state index contributed by atoms with van der Waals surface area (Å²) in [6.45, 7) is 7.87. The predicted molar refractivity (Wildman–Crippen MR) is 211 cm³/mol. The van der Waals surface area contributed by atoms with Crippen LogP contribution in [0.4, 0.5) is 0 Å². The Hall–Kier alpha value is -6.20. The Kier molecular flexibility index (Phi) is 11.2. The van der Waals surface area contributed by atoms with Crippen molar-refractivity contribution in [2.45, 2.75) is 37.5 Å². The molecule has 6 rings (SSSR count). The second-order valence-electron chi connectivity index (χ2n) is 13.2. The molecule has 0 amide bonds. The first kappa shape index (κ1) is 39.5. The van der Waals surface area contributed by atoms with Crippen LogP contribution in [0.3, 0.4) is 0 Å². The molecule has 0 radical (unpaired) electrons. The highest BCUT2D eigenvalue weighted by molar-refractivity contribution is 7.86. The van der Waals surface area contributed by atoms with E-state index in [1.165, 1.54) is 45.8 Å². The molecular weight excluding hydrogens is 761 g/mol. The third-order valence-corrected chi connectivity index (χ3v) is 10.3. The Labute approximate surface area is 321 Å².